The summed E-state index contributed by atoms with van der Waals surface area (Å²) in [6.45, 7) is 2.26. The molecule has 0 aliphatic heterocycles. The second-order valence-electron chi connectivity index (χ2n) is 7.40. The molecule has 1 rings (SSSR count). The van der Waals surface area contributed by atoms with Gasteiger partial charge in [-0.15, -0.1) is 0 Å². The number of carboxylic acids is 2. The molecule has 0 amide bonds. The van der Waals surface area contributed by atoms with Gasteiger partial charge in [0.25, 0.3) is 0 Å². The van der Waals surface area contributed by atoms with Gasteiger partial charge in [0, 0.05) is 6.42 Å². The van der Waals surface area contributed by atoms with Crippen molar-refractivity contribution in [2.45, 2.75) is 96.8 Å². The first kappa shape index (κ1) is 30.7. The summed E-state index contributed by atoms with van der Waals surface area (Å²) < 4.78 is 0. The standard InChI is InChI=1S/C18H34O2.C7H6O2.Li.H/c1-2-3-4-5-6-7-8-9-10-11-12-13-14-15-16-17-18(19)20;8-7(9)6-4-2-1-3-5-6;;/h9-10H,2-8,11-17H2,1H3,(H,19,20);1-5H,(H,8,9);;/q;;+1;-1. The van der Waals surface area contributed by atoms with Gasteiger partial charge in [-0.3, -0.25) is 4.79 Å². The molecule has 0 aliphatic carbocycles. The van der Waals surface area contributed by atoms with Crippen LogP contribution in [0.5, 0.6) is 0 Å². The van der Waals surface area contributed by atoms with E-state index in [9.17, 15) is 9.59 Å². The van der Waals surface area contributed by atoms with E-state index >= 15 is 0 Å². The van der Waals surface area contributed by atoms with E-state index in [0.29, 0.717) is 12.0 Å². The van der Waals surface area contributed by atoms with Crippen LogP contribution >= 0.6 is 0 Å². The smallest absolute Gasteiger partial charge is 1.00 e. The van der Waals surface area contributed by atoms with Crippen molar-refractivity contribution >= 4 is 11.9 Å². The van der Waals surface area contributed by atoms with E-state index in [2.05, 4.69) is 19.1 Å². The maximum absolute atomic E-state index is 10.3. The van der Waals surface area contributed by atoms with Gasteiger partial charge in [0.15, 0.2) is 0 Å². The van der Waals surface area contributed by atoms with Crippen LogP contribution in [-0.4, -0.2) is 22.2 Å². The summed E-state index contributed by atoms with van der Waals surface area (Å²) in [6.07, 6.45) is 21.2. The van der Waals surface area contributed by atoms with Crippen molar-refractivity contribution in [3.05, 3.63) is 48.0 Å². The third-order valence-electron chi connectivity index (χ3n) is 4.67. The molecule has 0 aromatic heterocycles. The van der Waals surface area contributed by atoms with E-state index in [-0.39, 0.29) is 20.3 Å². The minimum atomic E-state index is -0.879. The number of carbonyl (C=O) groups is 2. The van der Waals surface area contributed by atoms with Gasteiger partial charge in [0.2, 0.25) is 0 Å². The number of allylic oxidation sites excluding steroid dienone is 2. The fourth-order valence-electron chi connectivity index (χ4n) is 2.93. The molecule has 0 bridgehead atoms. The van der Waals surface area contributed by atoms with Crippen molar-refractivity contribution in [1.82, 2.24) is 0 Å². The minimum Gasteiger partial charge on any atom is -1.00 e. The zero-order valence-corrected chi connectivity index (χ0v) is 19.2. The molecule has 0 aliphatic rings. The van der Waals surface area contributed by atoms with Gasteiger partial charge < -0.3 is 11.6 Å². The average molecular weight is 413 g/mol. The third-order valence-corrected chi connectivity index (χ3v) is 4.67. The molecule has 1 aromatic carbocycles. The third kappa shape index (κ3) is 22.8. The van der Waals surface area contributed by atoms with Crippen LogP contribution in [0.15, 0.2) is 42.5 Å². The monoisotopic (exact) mass is 412 g/mol. The number of hydrogen-bond donors (Lipinski definition) is 2. The average Bonchev–Trinajstić information content (AvgIpc) is 2.72. The van der Waals surface area contributed by atoms with Crippen LogP contribution in [0.2, 0.25) is 0 Å². The van der Waals surface area contributed by atoms with Gasteiger partial charge in [-0.2, -0.15) is 0 Å². The van der Waals surface area contributed by atoms with E-state index in [0.717, 1.165) is 12.8 Å². The molecule has 0 unspecified atom stereocenters. The first-order chi connectivity index (χ1) is 14.1. The summed E-state index contributed by atoms with van der Waals surface area (Å²) in [5, 5.41) is 16.9. The summed E-state index contributed by atoms with van der Waals surface area (Å²) in [5.41, 5.74) is 0.331. The second-order valence-corrected chi connectivity index (χ2v) is 7.40. The Morgan fingerprint density at radius 3 is 1.67 bits per heavy atom. The summed E-state index contributed by atoms with van der Waals surface area (Å²) in [5.74, 6) is -1.54. The van der Waals surface area contributed by atoms with Crippen LogP contribution in [-0.2, 0) is 4.79 Å². The molecule has 0 saturated heterocycles. The van der Waals surface area contributed by atoms with E-state index in [1.54, 1.807) is 30.3 Å². The molecule has 2 N–H and O–H groups in total. The molecule has 166 valence electrons. The van der Waals surface area contributed by atoms with Crippen LogP contribution in [0, 0.1) is 0 Å². The Bertz CT molecular complexity index is 550. The molecule has 0 heterocycles. The number of hydrogen-bond acceptors (Lipinski definition) is 2. The van der Waals surface area contributed by atoms with Crippen molar-refractivity contribution in [2.75, 3.05) is 0 Å². The first-order valence-corrected chi connectivity index (χ1v) is 11.2. The topological polar surface area (TPSA) is 74.6 Å². The van der Waals surface area contributed by atoms with Gasteiger partial charge in [0.1, 0.15) is 0 Å². The molecule has 0 spiro atoms. The Morgan fingerprint density at radius 1 is 0.767 bits per heavy atom. The van der Waals surface area contributed by atoms with E-state index in [1.165, 1.54) is 70.6 Å². The Kier molecular flexibility index (Phi) is 24.3. The quantitative estimate of drug-likeness (QED) is 0.236. The summed E-state index contributed by atoms with van der Waals surface area (Å²) in [6, 6.07) is 8.30. The van der Waals surface area contributed by atoms with E-state index < -0.39 is 11.9 Å². The van der Waals surface area contributed by atoms with Crippen LogP contribution in [0.4, 0.5) is 0 Å². The van der Waals surface area contributed by atoms with Crippen molar-refractivity contribution < 1.29 is 40.1 Å². The summed E-state index contributed by atoms with van der Waals surface area (Å²) in [7, 11) is 0. The zero-order chi connectivity index (χ0) is 21.6. The van der Waals surface area contributed by atoms with Crippen LogP contribution in [0.25, 0.3) is 0 Å². The van der Waals surface area contributed by atoms with Crippen LogP contribution in [0.1, 0.15) is 109 Å². The number of aliphatic carboxylic acids is 1. The van der Waals surface area contributed by atoms with Gasteiger partial charge in [-0.25, -0.2) is 4.79 Å². The van der Waals surface area contributed by atoms with E-state index in [1.807, 2.05) is 0 Å². The minimum absolute atomic E-state index is 0. The van der Waals surface area contributed by atoms with Crippen molar-refractivity contribution in [3.8, 4) is 0 Å². The molecule has 0 atom stereocenters. The predicted octanol–water partition coefficient (Wildman–Crippen LogP) is 4.61. The molecule has 5 heteroatoms. The van der Waals surface area contributed by atoms with E-state index in [4.69, 9.17) is 10.2 Å². The molecule has 1 aromatic rings. The molecule has 30 heavy (non-hydrogen) atoms. The Labute approximate surface area is 196 Å². The molecule has 4 nitrogen and oxygen atoms in total. The largest absolute Gasteiger partial charge is 1.00 e. The maximum Gasteiger partial charge on any atom is 1.00 e. The normalized spacial score (nSPS) is 10.2. The number of aromatic carboxylic acids is 1. The van der Waals surface area contributed by atoms with Gasteiger partial charge in [0.05, 0.1) is 5.56 Å². The number of unbranched alkanes of at least 4 members (excludes halogenated alkanes) is 11. The van der Waals surface area contributed by atoms with Crippen molar-refractivity contribution in [1.29, 1.82) is 0 Å². The predicted molar refractivity (Wildman–Crippen MR) is 122 cm³/mol. The van der Waals surface area contributed by atoms with Crippen LogP contribution < -0.4 is 18.9 Å². The molecule has 0 fully saturated rings. The fourth-order valence-corrected chi connectivity index (χ4v) is 2.93. The molecular weight excluding hydrogens is 371 g/mol. The van der Waals surface area contributed by atoms with Crippen molar-refractivity contribution in [3.63, 3.8) is 0 Å². The summed E-state index contributed by atoms with van der Waals surface area (Å²) >= 11 is 0. The Morgan fingerprint density at radius 2 is 1.23 bits per heavy atom. The fraction of sp³-hybridized carbons (Fsp3) is 0.600. The Balaban J connectivity index is -0.000000598. The first-order valence-electron chi connectivity index (χ1n) is 11.2. The summed E-state index contributed by atoms with van der Waals surface area (Å²) in [4.78, 5) is 20.5. The van der Waals surface area contributed by atoms with Gasteiger partial charge >= 0.3 is 30.8 Å². The number of benzene rings is 1. The maximum atomic E-state index is 10.3. The van der Waals surface area contributed by atoms with Crippen molar-refractivity contribution in [2.24, 2.45) is 0 Å². The molecular formula is C25H41LiO4. The van der Waals surface area contributed by atoms with Gasteiger partial charge in [-0.05, 0) is 44.2 Å². The second kappa shape index (κ2) is 23.8. The van der Waals surface area contributed by atoms with Crippen LogP contribution in [0.3, 0.4) is 0 Å². The molecule has 0 radical (unpaired) electrons. The zero-order valence-electron chi connectivity index (χ0n) is 20.2. The SMILES string of the molecule is CCCCCCCCC=CCCCCCCCC(=O)O.O=C(O)c1ccccc1.[H-].[Li+]. The number of rotatable bonds is 16. The van der Waals surface area contributed by atoms with Gasteiger partial charge in [-0.1, -0.05) is 88.6 Å². The Hall–Kier alpha value is -1.50. The molecule has 0 saturated carbocycles. The number of carboxylic acid groups (broad SMARTS) is 2.